The van der Waals surface area contributed by atoms with Crippen molar-refractivity contribution in [3.05, 3.63) is 52.5 Å². The molecule has 0 aliphatic heterocycles. The Balaban J connectivity index is 2.75. The third kappa shape index (κ3) is 2.13. The van der Waals surface area contributed by atoms with Gasteiger partial charge in [-0.1, -0.05) is 6.08 Å². The molecule has 3 heteroatoms. The van der Waals surface area contributed by atoms with Crippen molar-refractivity contribution in [1.29, 1.82) is 0 Å². The van der Waals surface area contributed by atoms with E-state index in [1.807, 2.05) is 32.1 Å². The summed E-state index contributed by atoms with van der Waals surface area (Å²) in [6, 6.07) is 5.49. The van der Waals surface area contributed by atoms with E-state index in [1.165, 1.54) is 0 Å². The largest absolute Gasteiger partial charge is 0.292 e. The second-order valence-corrected chi connectivity index (χ2v) is 4.22. The van der Waals surface area contributed by atoms with Crippen LogP contribution < -0.4 is 5.56 Å². The first kappa shape index (κ1) is 11.6. The molecule has 0 bridgehead atoms. The van der Waals surface area contributed by atoms with E-state index in [1.54, 1.807) is 10.6 Å². The maximum absolute atomic E-state index is 11.9. The van der Waals surface area contributed by atoms with Crippen molar-refractivity contribution >= 4 is 11.0 Å². The van der Waals surface area contributed by atoms with E-state index in [-0.39, 0.29) is 5.56 Å². The van der Waals surface area contributed by atoms with E-state index in [2.05, 4.69) is 11.6 Å². The molecule has 88 valence electrons. The summed E-state index contributed by atoms with van der Waals surface area (Å²) in [6.45, 7) is 8.31. The van der Waals surface area contributed by atoms with Crippen LogP contribution in [0, 0.1) is 13.8 Å². The minimum absolute atomic E-state index is 0.00292. The highest BCUT2D eigenvalue weighted by atomic mass is 16.1. The molecule has 0 saturated heterocycles. The lowest BCUT2D eigenvalue weighted by atomic mass is 10.1. The summed E-state index contributed by atoms with van der Waals surface area (Å²) in [6.07, 6.45) is 2.58. The van der Waals surface area contributed by atoms with Gasteiger partial charge in [-0.15, -0.1) is 6.58 Å². The van der Waals surface area contributed by atoms with Crippen LogP contribution >= 0.6 is 0 Å². The maximum atomic E-state index is 11.9. The molecule has 0 aliphatic rings. The van der Waals surface area contributed by atoms with Gasteiger partial charge in [0.2, 0.25) is 0 Å². The van der Waals surface area contributed by atoms with E-state index < -0.39 is 0 Å². The molecule has 3 nitrogen and oxygen atoms in total. The Morgan fingerprint density at radius 3 is 2.88 bits per heavy atom. The zero-order valence-electron chi connectivity index (χ0n) is 10.2. The highest BCUT2D eigenvalue weighted by Crippen LogP contribution is 2.16. The molecule has 2 aromatic heterocycles. The van der Waals surface area contributed by atoms with Crippen molar-refractivity contribution < 1.29 is 0 Å². The number of hydrogen-bond acceptors (Lipinski definition) is 2. The molecule has 0 saturated carbocycles. The zero-order valence-corrected chi connectivity index (χ0v) is 10.2. The molecule has 2 rings (SSSR count). The fraction of sp³-hybridized carbons (Fsp3) is 0.286. The molecule has 0 aromatic carbocycles. The van der Waals surface area contributed by atoms with Crippen molar-refractivity contribution in [2.75, 3.05) is 0 Å². The van der Waals surface area contributed by atoms with Gasteiger partial charge in [0, 0.05) is 23.7 Å². The van der Waals surface area contributed by atoms with Crippen molar-refractivity contribution in [2.45, 2.75) is 26.8 Å². The van der Waals surface area contributed by atoms with Gasteiger partial charge in [-0.25, -0.2) is 4.98 Å². The molecule has 2 heterocycles. The quantitative estimate of drug-likeness (QED) is 0.757. The number of pyridine rings is 2. The van der Waals surface area contributed by atoms with Gasteiger partial charge < -0.3 is 0 Å². The summed E-state index contributed by atoms with van der Waals surface area (Å²) in [5, 5.41) is 1.04. The molecular formula is C14H16N2O. The van der Waals surface area contributed by atoms with E-state index in [9.17, 15) is 4.79 Å². The first-order valence-corrected chi connectivity index (χ1v) is 5.72. The van der Waals surface area contributed by atoms with Gasteiger partial charge in [0.1, 0.15) is 5.65 Å². The highest BCUT2D eigenvalue weighted by molar-refractivity contribution is 5.79. The maximum Gasteiger partial charge on any atom is 0.252 e. The third-order valence-corrected chi connectivity index (χ3v) is 2.84. The van der Waals surface area contributed by atoms with Crippen LogP contribution in [0.5, 0.6) is 0 Å². The van der Waals surface area contributed by atoms with Crippen LogP contribution in [-0.2, 0) is 6.54 Å². The molecular weight excluding hydrogens is 212 g/mol. The highest BCUT2D eigenvalue weighted by Gasteiger charge is 2.06. The normalized spacial score (nSPS) is 10.7. The number of aryl methyl sites for hydroxylation is 3. The molecule has 0 atom stereocenters. The summed E-state index contributed by atoms with van der Waals surface area (Å²) in [5.41, 5.74) is 2.86. The Bertz CT molecular complexity index is 626. The van der Waals surface area contributed by atoms with Crippen molar-refractivity contribution in [1.82, 2.24) is 9.55 Å². The van der Waals surface area contributed by atoms with Crippen LogP contribution in [-0.4, -0.2) is 9.55 Å². The van der Waals surface area contributed by atoms with E-state index in [0.29, 0.717) is 6.54 Å². The number of hydrogen-bond donors (Lipinski definition) is 0. The summed E-state index contributed by atoms with van der Waals surface area (Å²) in [4.78, 5) is 16.3. The van der Waals surface area contributed by atoms with Gasteiger partial charge in [0.25, 0.3) is 5.56 Å². The van der Waals surface area contributed by atoms with Crippen LogP contribution in [0.3, 0.4) is 0 Å². The van der Waals surface area contributed by atoms with Gasteiger partial charge in [-0.05, 0) is 38.0 Å². The molecule has 17 heavy (non-hydrogen) atoms. The fourth-order valence-electron chi connectivity index (χ4n) is 2.02. The number of fused-ring (bicyclic) bond motifs is 1. The Morgan fingerprint density at radius 1 is 1.41 bits per heavy atom. The Hall–Kier alpha value is -1.90. The van der Waals surface area contributed by atoms with Crippen LogP contribution in [0.4, 0.5) is 0 Å². The number of nitrogens with zero attached hydrogens (tertiary/aromatic N) is 2. The fourth-order valence-corrected chi connectivity index (χ4v) is 2.02. The van der Waals surface area contributed by atoms with Gasteiger partial charge in [0.05, 0.1) is 0 Å². The zero-order chi connectivity index (χ0) is 12.4. The van der Waals surface area contributed by atoms with Crippen LogP contribution in [0.15, 0.2) is 35.6 Å². The first-order valence-electron chi connectivity index (χ1n) is 5.72. The summed E-state index contributed by atoms with van der Waals surface area (Å²) < 4.78 is 1.72. The van der Waals surface area contributed by atoms with Crippen LogP contribution in [0.1, 0.15) is 17.7 Å². The molecule has 0 aliphatic carbocycles. The van der Waals surface area contributed by atoms with Crippen LogP contribution in [0.2, 0.25) is 0 Å². The number of rotatable bonds is 3. The lowest BCUT2D eigenvalue weighted by Crippen LogP contribution is -2.20. The Kier molecular flexibility index (Phi) is 3.09. The van der Waals surface area contributed by atoms with Crippen molar-refractivity contribution in [3.8, 4) is 0 Å². The van der Waals surface area contributed by atoms with Crippen molar-refractivity contribution in [3.63, 3.8) is 0 Å². The molecule has 0 spiro atoms. The van der Waals surface area contributed by atoms with E-state index >= 15 is 0 Å². The Morgan fingerprint density at radius 2 is 2.18 bits per heavy atom. The van der Waals surface area contributed by atoms with Crippen molar-refractivity contribution in [2.24, 2.45) is 0 Å². The minimum Gasteiger partial charge on any atom is -0.292 e. The first-order chi connectivity index (χ1) is 8.13. The van der Waals surface area contributed by atoms with Gasteiger partial charge in [0.15, 0.2) is 0 Å². The molecule has 0 radical (unpaired) electrons. The second-order valence-electron chi connectivity index (χ2n) is 4.22. The number of allylic oxidation sites excluding steroid dienone is 1. The SMILES string of the molecule is C=CCCn1c(=O)ccc2c(C)cc(C)nc21. The summed E-state index contributed by atoms with van der Waals surface area (Å²) >= 11 is 0. The van der Waals surface area contributed by atoms with Gasteiger partial charge in [-0.3, -0.25) is 9.36 Å². The van der Waals surface area contributed by atoms with E-state index in [0.717, 1.165) is 28.7 Å². The topological polar surface area (TPSA) is 34.9 Å². The lowest BCUT2D eigenvalue weighted by molar-refractivity contribution is 0.700. The third-order valence-electron chi connectivity index (χ3n) is 2.84. The predicted molar refractivity (Wildman–Crippen MR) is 70.3 cm³/mol. The predicted octanol–water partition coefficient (Wildman–Crippen LogP) is 2.59. The second kappa shape index (κ2) is 4.53. The Labute approximate surface area is 100 Å². The molecule has 2 aromatic rings. The monoisotopic (exact) mass is 228 g/mol. The average molecular weight is 228 g/mol. The lowest BCUT2D eigenvalue weighted by Gasteiger charge is -2.10. The standard InChI is InChI=1S/C14H16N2O/c1-4-5-8-16-13(17)7-6-12-10(2)9-11(3)15-14(12)16/h4,6-7,9H,1,5,8H2,2-3H3. The van der Waals surface area contributed by atoms with Crippen LogP contribution in [0.25, 0.3) is 11.0 Å². The molecule has 0 N–H and O–H groups in total. The average Bonchev–Trinajstić information content (AvgIpc) is 2.27. The minimum atomic E-state index is -0.00292. The summed E-state index contributed by atoms with van der Waals surface area (Å²) in [5.74, 6) is 0. The smallest absolute Gasteiger partial charge is 0.252 e. The number of aromatic nitrogens is 2. The van der Waals surface area contributed by atoms with Gasteiger partial charge >= 0.3 is 0 Å². The van der Waals surface area contributed by atoms with Gasteiger partial charge in [-0.2, -0.15) is 0 Å². The summed E-state index contributed by atoms with van der Waals surface area (Å²) in [7, 11) is 0. The van der Waals surface area contributed by atoms with E-state index in [4.69, 9.17) is 0 Å². The molecule has 0 amide bonds. The molecule has 0 fully saturated rings. The molecule has 0 unspecified atom stereocenters.